The number of guanidine groups is 1. The van der Waals surface area contributed by atoms with Crippen molar-refractivity contribution < 1.29 is 0 Å². The molecule has 0 bridgehead atoms. The minimum Gasteiger partial charge on any atom is -0.369 e. The van der Waals surface area contributed by atoms with Gasteiger partial charge in [0, 0.05) is 56.0 Å². The SMILES string of the molecule is CCNC(=NCc1c(Cl)cccc1N1CCN(C)CC1)NCc1ncnn1C. The molecule has 0 atom stereocenters. The van der Waals surface area contributed by atoms with Crippen LogP contribution < -0.4 is 15.5 Å². The zero-order valence-electron chi connectivity index (χ0n) is 16.8. The average molecular weight is 405 g/mol. The van der Waals surface area contributed by atoms with Crippen molar-refractivity contribution in [3.05, 3.63) is 40.9 Å². The molecule has 1 aliphatic rings. The summed E-state index contributed by atoms with van der Waals surface area (Å²) in [6, 6.07) is 6.09. The molecule has 3 rings (SSSR count). The molecule has 2 aromatic rings. The number of nitrogens with one attached hydrogen (secondary N) is 2. The molecular formula is C19H29ClN8. The van der Waals surface area contributed by atoms with Gasteiger partial charge >= 0.3 is 0 Å². The Bertz CT molecular complexity index is 795. The molecule has 9 heteroatoms. The molecule has 1 aromatic heterocycles. The maximum absolute atomic E-state index is 6.55. The van der Waals surface area contributed by atoms with Crippen LogP contribution >= 0.6 is 11.6 Å². The monoisotopic (exact) mass is 404 g/mol. The Hall–Kier alpha value is -2.32. The number of rotatable bonds is 6. The maximum Gasteiger partial charge on any atom is 0.191 e. The predicted octanol–water partition coefficient (Wildman–Crippen LogP) is 1.48. The summed E-state index contributed by atoms with van der Waals surface area (Å²) in [5, 5.41) is 11.4. The van der Waals surface area contributed by atoms with Gasteiger partial charge in [-0.2, -0.15) is 5.10 Å². The van der Waals surface area contributed by atoms with Gasteiger partial charge in [-0.05, 0) is 26.1 Å². The van der Waals surface area contributed by atoms with E-state index in [1.54, 1.807) is 11.0 Å². The van der Waals surface area contributed by atoms with Crippen LogP contribution in [-0.2, 0) is 20.1 Å². The van der Waals surface area contributed by atoms with Gasteiger partial charge in [0.15, 0.2) is 5.96 Å². The van der Waals surface area contributed by atoms with E-state index in [-0.39, 0.29) is 0 Å². The summed E-state index contributed by atoms with van der Waals surface area (Å²) in [5.41, 5.74) is 2.23. The Kier molecular flexibility index (Phi) is 7.11. The van der Waals surface area contributed by atoms with E-state index in [2.05, 4.69) is 43.6 Å². The van der Waals surface area contributed by atoms with E-state index in [1.807, 2.05) is 26.1 Å². The first-order valence-electron chi connectivity index (χ1n) is 9.64. The number of piperazine rings is 1. The number of anilines is 1. The van der Waals surface area contributed by atoms with E-state index >= 15 is 0 Å². The molecule has 0 saturated carbocycles. The summed E-state index contributed by atoms with van der Waals surface area (Å²) in [7, 11) is 4.03. The van der Waals surface area contributed by atoms with Crippen LogP contribution in [0.1, 0.15) is 18.3 Å². The highest BCUT2D eigenvalue weighted by atomic mass is 35.5. The smallest absolute Gasteiger partial charge is 0.191 e. The Morgan fingerprint density at radius 1 is 1.18 bits per heavy atom. The van der Waals surface area contributed by atoms with Crippen molar-refractivity contribution in [2.75, 3.05) is 44.7 Å². The molecule has 2 heterocycles. The van der Waals surface area contributed by atoms with Gasteiger partial charge in [0.1, 0.15) is 12.2 Å². The van der Waals surface area contributed by atoms with Gasteiger partial charge in [0.05, 0.1) is 13.1 Å². The van der Waals surface area contributed by atoms with Crippen molar-refractivity contribution in [2.24, 2.45) is 12.0 Å². The Morgan fingerprint density at radius 2 is 1.96 bits per heavy atom. The first-order valence-corrected chi connectivity index (χ1v) is 10.0. The van der Waals surface area contributed by atoms with E-state index in [9.17, 15) is 0 Å². The largest absolute Gasteiger partial charge is 0.369 e. The number of aliphatic imine (C=N–C) groups is 1. The third-order valence-corrected chi connectivity index (χ3v) is 5.25. The summed E-state index contributed by atoms with van der Waals surface area (Å²) >= 11 is 6.55. The van der Waals surface area contributed by atoms with Crippen LogP contribution in [-0.4, -0.2) is 65.4 Å². The Morgan fingerprint density at radius 3 is 2.64 bits per heavy atom. The van der Waals surface area contributed by atoms with Gasteiger partial charge in [-0.1, -0.05) is 17.7 Å². The minimum atomic E-state index is 0.509. The highest BCUT2D eigenvalue weighted by molar-refractivity contribution is 6.31. The zero-order chi connectivity index (χ0) is 19.9. The van der Waals surface area contributed by atoms with Gasteiger partial charge in [-0.3, -0.25) is 4.68 Å². The minimum absolute atomic E-state index is 0.509. The summed E-state index contributed by atoms with van der Waals surface area (Å²) in [5.74, 6) is 1.58. The number of nitrogens with zero attached hydrogens (tertiary/aromatic N) is 6. The van der Waals surface area contributed by atoms with Crippen LogP contribution in [0.3, 0.4) is 0 Å². The number of hydrogen-bond donors (Lipinski definition) is 2. The van der Waals surface area contributed by atoms with Crippen molar-refractivity contribution >= 4 is 23.2 Å². The molecule has 0 unspecified atom stereocenters. The summed E-state index contributed by atoms with van der Waals surface area (Å²) < 4.78 is 1.75. The number of likely N-dealkylation sites (N-methyl/N-ethyl adjacent to an activating group) is 1. The molecular weight excluding hydrogens is 376 g/mol. The maximum atomic E-state index is 6.55. The molecule has 1 aliphatic heterocycles. The molecule has 2 N–H and O–H groups in total. The number of aromatic nitrogens is 3. The fraction of sp³-hybridized carbons (Fsp3) is 0.526. The summed E-state index contributed by atoms with van der Waals surface area (Å²) in [4.78, 5) is 13.7. The third-order valence-electron chi connectivity index (χ3n) is 4.90. The summed E-state index contributed by atoms with van der Waals surface area (Å²) in [6.07, 6.45) is 1.55. The predicted molar refractivity (Wildman–Crippen MR) is 114 cm³/mol. The van der Waals surface area contributed by atoms with Crippen LogP contribution in [0.25, 0.3) is 0 Å². The molecule has 1 fully saturated rings. The van der Waals surface area contributed by atoms with E-state index in [0.717, 1.165) is 55.1 Å². The van der Waals surface area contributed by atoms with Crippen molar-refractivity contribution in [3.8, 4) is 0 Å². The number of halogens is 1. The number of aryl methyl sites for hydroxylation is 1. The highest BCUT2D eigenvalue weighted by Crippen LogP contribution is 2.29. The van der Waals surface area contributed by atoms with Gasteiger partial charge < -0.3 is 20.4 Å². The highest BCUT2D eigenvalue weighted by Gasteiger charge is 2.18. The Labute approximate surface area is 171 Å². The normalized spacial score (nSPS) is 15.7. The van der Waals surface area contributed by atoms with Crippen LogP contribution in [0.2, 0.25) is 5.02 Å². The molecule has 0 spiro atoms. The second kappa shape index (κ2) is 9.75. The van der Waals surface area contributed by atoms with Crippen LogP contribution in [0.15, 0.2) is 29.5 Å². The van der Waals surface area contributed by atoms with Crippen molar-refractivity contribution in [1.82, 2.24) is 30.3 Å². The lowest BCUT2D eigenvalue weighted by Crippen LogP contribution is -2.44. The molecule has 1 saturated heterocycles. The van der Waals surface area contributed by atoms with E-state index in [4.69, 9.17) is 16.6 Å². The van der Waals surface area contributed by atoms with Gasteiger partial charge in [0.2, 0.25) is 0 Å². The fourth-order valence-electron chi connectivity index (χ4n) is 3.19. The quantitative estimate of drug-likeness (QED) is 0.561. The average Bonchev–Trinajstić information content (AvgIpc) is 3.10. The number of hydrogen-bond acceptors (Lipinski definition) is 5. The van der Waals surface area contributed by atoms with Crippen molar-refractivity contribution in [2.45, 2.75) is 20.0 Å². The Balaban J connectivity index is 1.73. The first kappa shape index (κ1) is 20.4. The lowest BCUT2D eigenvalue weighted by Gasteiger charge is -2.35. The first-order chi connectivity index (χ1) is 13.6. The second-order valence-corrected chi connectivity index (χ2v) is 7.28. The zero-order valence-corrected chi connectivity index (χ0v) is 17.6. The van der Waals surface area contributed by atoms with E-state index < -0.39 is 0 Å². The van der Waals surface area contributed by atoms with Gasteiger partial charge in [-0.15, -0.1) is 0 Å². The lowest BCUT2D eigenvalue weighted by atomic mass is 10.1. The van der Waals surface area contributed by atoms with Crippen LogP contribution in [0.4, 0.5) is 5.69 Å². The molecule has 28 heavy (non-hydrogen) atoms. The molecule has 0 radical (unpaired) electrons. The molecule has 1 aromatic carbocycles. The van der Waals surface area contributed by atoms with Crippen LogP contribution in [0.5, 0.6) is 0 Å². The third kappa shape index (κ3) is 5.14. The van der Waals surface area contributed by atoms with E-state index in [0.29, 0.717) is 13.1 Å². The number of benzene rings is 1. The fourth-order valence-corrected chi connectivity index (χ4v) is 3.42. The standard InChI is InChI=1S/C19H29ClN8/c1-4-21-19(23-13-18-24-14-25-27(18)3)22-12-15-16(20)6-5-7-17(15)28-10-8-26(2)9-11-28/h5-7,14H,4,8-13H2,1-3H3,(H2,21,22,23). The molecule has 152 valence electrons. The van der Waals surface area contributed by atoms with Crippen molar-refractivity contribution in [1.29, 1.82) is 0 Å². The lowest BCUT2D eigenvalue weighted by molar-refractivity contribution is 0.312. The topological polar surface area (TPSA) is 73.6 Å². The second-order valence-electron chi connectivity index (χ2n) is 6.88. The summed E-state index contributed by atoms with van der Waals surface area (Å²) in [6.45, 7) is 7.99. The van der Waals surface area contributed by atoms with Crippen molar-refractivity contribution in [3.63, 3.8) is 0 Å². The van der Waals surface area contributed by atoms with Gasteiger partial charge in [0.25, 0.3) is 0 Å². The van der Waals surface area contributed by atoms with Gasteiger partial charge in [-0.25, -0.2) is 9.98 Å². The molecule has 0 amide bonds. The van der Waals surface area contributed by atoms with E-state index in [1.165, 1.54) is 5.69 Å². The molecule has 0 aliphatic carbocycles. The molecule has 8 nitrogen and oxygen atoms in total. The van der Waals surface area contributed by atoms with Crippen LogP contribution in [0, 0.1) is 0 Å².